The van der Waals surface area contributed by atoms with E-state index in [1.807, 2.05) is 0 Å². The summed E-state index contributed by atoms with van der Waals surface area (Å²) in [5, 5.41) is 2.38. The number of rotatable bonds is 3. The summed E-state index contributed by atoms with van der Waals surface area (Å²) in [6.07, 6.45) is -4.46. The molecular weight excluding hydrogens is 299 g/mol. The number of benzene rings is 1. The van der Waals surface area contributed by atoms with Gasteiger partial charge in [-0.05, 0) is 52.0 Å². The van der Waals surface area contributed by atoms with Gasteiger partial charge in [-0.2, -0.15) is 13.2 Å². The minimum Gasteiger partial charge on any atom is -0.458 e. The molecule has 1 atom stereocenters. The van der Waals surface area contributed by atoms with Gasteiger partial charge in [-0.3, -0.25) is 4.79 Å². The number of carbonyl (C=O) groups is 2. The van der Waals surface area contributed by atoms with Crippen molar-refractivity contribution in [2.24, 2.45) is 0 Å². The Morgan fingerprint density at radius 2 is 1.59 bits per heavy atom. The highest BCUT2D eigenvalue weighted by molar-refractivity contribution is 5.96. The molecular formula is C15H18F3NO3. The van der Waals surface area contributed by atoms with Crippen molar-refractivity contribution in [1.82, 2.24) is 5.32 Å². The Morgan fingerprint density at radius 3 is 2.00 bits per heavy atom. The second-order valence-electron chi connectivity index (χ2n) is 5.80. The molecule has 0 saturated heterocycles. The molecule has 1 aromatic carbocycles. The molecule has 1 unspecified atom stereocenters. The lowest BCUT2D eigenvalue weighted by Gasteiger charge is -2.22. The van der Waals surface area contributed by atoms with Crippen LogP contribution < -0.4 is 5.32 Å². The molecule has 0 aromatic heterocycles. The maximum Gasteiger partial charge on any atom is 0.416 e. The summed E-state index contributed by atoms with van der Waals surface area (Å²) in [7, 11) is 0. The molecule has 4 nitrogen and oxygen atoms in total. The number of ether oxygens (including phenoxy) is 1. The van der Waals surface area contributed by atoms with Crippen molar-refractivity contribution in [1.29, 1.82) is 0 Å². The summed E-state index contributed by atoms with van der Waals surface area (Å²) in [6, 6.07) is 2.83. The van der Waals surface area contributed by atoms with E-state index in [0.29, 0.717) is 0 Å². The molecule has 1 amide bonds. The van der Waals surface area contributed by atoms with E-state index in [2.05, 4.69) is 5.32 Å². The minimum absolute atomic E-state index is 0.0309. The standard InChI is InChI=1S/C15H18F3NO3/c1-9(13(21)22-14(2,3)4)19-12(20)10-5-7-11(8-6-10)15(16,17)18/h5-9H,1-4H3,(H,19,20). The van der Waals surface area contributed by atoms with E-state index in [-0.39, 0.29) is 5.56 Å². The van der Waals surface area contributed by atoms with E-state index in [4.69, 9.17) is 4.74 Å². The summed E-state index contributed by atoms with van der Waals surface area (Å²) in [5.74, 6) is -1.26. The molecule has 0 heterocycles. The number of esters is 1. The lowest BCUT2D eigenvalue weighted by Crippen LogP contribution is -2.42. The third-order valence-corrected chi connectivity index (χ3v) is 2.58. The smallest absolute Gasteiger partial charge is 0.416 e. The Bertz CT molecular complexity index is 545. The molecule has 1 N–H and O–H groups in total. The SMILES string of the molecule is CC(NC(=O)c1ccc(C(F)(F)F)cc1)C(=O)OC(C)(C)C. The number of halogens is 3. The fourth-order valence-corrected chi connectivity index (χ4v) is 1.54. The van der Waals surface area contributed by atoms with Crippen molar-refractivity contribution in [2.75, 3.05) is 0 Å². The first-order valence-corrected chi connectivity index (χ1v) is 6.61. The monoisotopic (exact) mass is 317 g/mol. The summed E-state index contributed by atoms with van der Waals surface area (Å²) in [5.41, 5.74) is -1.50. The van der Waals surface area contributed by atoms with Crippen molar-refractivity contribution in [2.45, 2.75) is 45.5 Å². The van der Waals surface area contributed by atoms with Gasteiger partial charge in [0.15, 0.2) is 0 Å². The van der Waals surface area contributed by atoms with Gasteiger partial charge in [-0.25, -0.2) is 4.79 Å². The highest BCUT2D eigenvalue weighted by Crippen LogP contribution is 2.29. The van der Waals surface area contributed by atoms with E-state index >= 15 is 0 Å². The van der Waals surface area contributed by atoms with Gasteiger partial charge in [0.2, 0.25) is 0 Å². The molecule has 1 aromatic rings. The lowest BCUT2D eigenvalue weighted by atomic mass is 10.1. The maximum absolute atomic E-state index is 12.4. The lowest BCUT2D eigenvalue weighted by molar-refractivity contribution is -0.156. The van der Waals surface area contributed by atoms with Crippen LogP contribution in [0.2, 0.25) is 0 Å². The second kappa shape index (κ2) is 6.37. The van der Waals surface area contributed by atoms with Crippen LogP contribution in [0.1, 0.15) is 43.6 Å². The summed E-state index contributed by atoms with van der Waals surface area (Å²) < 4.78 is 42.4. The minimum atomic E-state index is -4.46. The predicted molar refractivity (Wildman–Crippen MR) is 74.2 cm³/mol. The van der Waals surface area contributed by atoms with Crippen LogP contribution in [-0.4, -0.2) is 23.5 Å². The van der Waals surface area contributed by atoms with Crippen LogP contribution in [0.15, 0.2) is 24.3 Å². The van der Waals surface area contributed by atoms with Gasteiger partial charge in [0, 0.05) is 5.56 Å². The number of carbonyl (C=O) groups excluding carboxylic acids is 2. The van der Waals surface area contributed by atoms with Gasteiger partial charge in [0.05, 0.1) is 5.56 Å². The van der Waals surface area contributed by atoms with Crippen LogP contribution in [0.25, 0.3) is 0 Å². The van der Waals surface area contributed by atoms with Crippen LogP contribution in [0.5, 0.6) is 0 Å². The van der Waals surface area contributed by atoms with E-state index in [9.17, 15) is 22.8 Å². The molecule has 0 radical (unpaired) electrons. The molecule has 122 valence electrons. The average molecular weight is 317 g/mol. The Hall–Kier alpha value is -2.05. The van der Waals surface area contributed by atoms with Crippen molar-refractivity contribution in [3.63, 3.8) is 0 Å². The van der Waals surface area contributed by atoms with Crippen molar-refractivity contribution >= 4 is 11.9 Å². The Kier molecular flexibility index (Phi) is 5.22. The van der Waals surface area contributed by atoms with Crippen LogP contribution in [-0.2, 0) is 15.7 Å². The number of hydrogen-bond acceptors (Lipinski definition) is 3. The van der Waals surface area contributed by atoms with Crippen LogP contribution in [0, 0.1) is 0 Å². The third-order valence-electron chi connectivity index (χ3n) is 2.58. The number of nitrogens with one attached hydrogen (secondary N) is 1. The van der Waals surface area contributed by atoms with Crippen molar-refractivity contribution in [3.8, 4) is 0 Å². The first-order valence-electron chi connectivity index (χ1n) is 6.61. The zero-order chi connectivity index (χ0) is 17.1. The van der Waals surface area contributed by atoms with Gasteiger partial charge in [0.1, 0.15) is 11.6 Å². The largest absolute Gasteiger partial charge is 0.458 e. The van der Waals surface area contributed by atoms with E-state index < -0.39 is 35.3 Å². The number of amides is 1. The van der Waals surface area contributed by atoms with E-state index in [1.165, 1.54) is 6.92 Å². The molecule has 0 spiro atoms. The molecule has 0 aliphatic rings. The fraction of sp³-hybridized carbons (Fsp3) is 0.467. The van der Waals surface area contributed by atoms with E-state index in [0.717, 1.165) is 24.3 Å². The first-order chi connectivity index (χ1) is 9.90. The average Bonchev–Trinajstić information content (AvgIpc) is 2.35. The summed E-state index contributed by atoms with van der Waals surface area (Å²) in [4.78, 5) is 23.6. The molecule has 0 fully saturated rings. The predicted octanol–water partition coefficient (Wildman–Crippen LogP) is 3.17. The van der Waals surface area contributed by atoms with Crippen LogP contribution >= 0.6 is 0 Å². The van der Waals surface area contributed by atoms with Gasteiger partial charge < -0.3 is 10.1 Å². The highest BCUT2D eigenvalue weighted by Gasteiger charge is 2.30. The van der Waals surface area contributed by atoms with Crippen molar-refractivity contribution in [3.05, 3.63) is 35.4 Å². The maximum atomic E-state index is 12.4. The topological polar surface area (TPSA) is 55.4 Å². The van der Waals surface area contributed by atoms with E-state index in [1.54, 1.807) is 20.8 Å². The van der Waals surface area contributed by atoms with Crippen LogP contribution in [0.4, 0.5) is 13.2 Å². The zero-order valence-corrected chi connectivity index (χ0v) is 12.7. The van der Waals surface area contributed by atoms with Crippen LogP contribution in [0.3, 0.4) is 0 Å². The highest BCUT2D eigenvalue weighted by atomic mass is 19.4. The van der Waals surface area contributed by atoms with Gasteiger partial charge in [-0.15, -0.1) is 0 Å². The van der Waals surface area contributed by atoms with Gasteiger partial charge in [0.25, 0.3) is 5.91 Å². The van der Waals surface area contributed by atoms with Crippen molar-refractivity contribution < 1.29 is 27.5 Å². The normalized spacial score (nSPS) is 13.4. The van der Waals surface area contributed by atoms with Gasteiger partial charge >= 0.3 is 12.1 Å². The molecule has 0 bridgehead atoms. The first kappa shape index (κ1) is 18.0. The molecule has 0 saturated carbocycles. The second-order valence-corrected chi connectivity index (χ2v) is 5.80. The molecule has 0 aliphatic heterocycles. The Balaban J connectivity index is 2.71. The number of hydrogen-bond donors (Lipinski definition) is 1. The van der Waals surface area contributed by atoms with Gasteiger partial charge in [-0.1, -0.05) is 0 Å². The molecule has 7 heteroatoms. The summed E-state index contributed by atoms with van der Waals surface area (Å²) in [6.45, 7) is 6.51. The molecule has 1 rings (SSSR count). The quantitative estimate of drug-likeness (QED) is 0.871. The Morgan fingerprint density at radius 1 is 1.09 bits per heavy atom. The third kappa shape index (κ3) is 5.38. The molecule has 22 heavy (non-hydrogen) atoms. The molecule has 0 aliphatic carbocycles. The zero-order valence-electron chi connectivity index (χ0n) is 12.7. The fourth-order valence-electron chi connectivity index (χ4n) is 1.54. The number of alkyl halides is 3. The Labute approximate surface area is 126 Å². The summed E-state index contributed by atoms with van der Waals surface area (Å²) >= 11 is 0.